The summed E-state index contributed by atoms with van der Waals surface area (Å²) in [5, 5.41) is 13.4. The van der Waals surface area contributed by atoms with Crippen LogP contribution in [0.2, 0.25) is 0 Å². The first-order valence-electron chi connectivity index (χ1n) is 8.58. The molecule has 11 nitrogen and oxygen atoms in total. The zero-order valence-corrected chi connectivity index (χ0v) is 15.5. The molecule has 1 fully saturated rings. The number of ether oxygens (including phenoxy) is 2. The van der Waals surface area contributed by atoms with Crippen molar-refractivity contribution in [3.05, 3.63) is 40.9 Å². The number of halogens is 2. The van der Waals surface area contributed by atoms with Gasteiger partial charge in [-0.25, -0.2) is 9.48 Å². The Hall–Kier alpha value is -3.61. The predicted octanol–water partition coefficient (Wildman–Crippen LogP) is 0.177. The topological polar surface area (TPSA) is 133 Å². The third kappa shape index (κ3) is 4.20. The number of alkyl halides is 2. The summed E-state index contributed by atoms with van der Waals surface area (Å²) in [6.45, 7) is -2.05. The van der Waals surface area contributed by atoms with Gasteiger partial charge in [0.05, 0.1) is 18.8 Å². The number of nitrogens with zero attached hydrogens (tertiary/aromatic N) is 4. The minimum Gasteiger partial charge on any atom is -0.478 e. The highest BCUT2D eigenvalue weighted by atomic mass is 19.3. The largest absolute Gasteiger partial charge is 0.478 e. The number of amides is 1. The zero-order valence-electron chi connectivity index (χ0n) is 15.5. The first-order chi connectivity index (χ1) is 14.2. The maximum Gasteiger partial charge on any atom is 0.348 e. The van der Waals surface area contributed by atoms with Crippen molar-refractivity contribution >= 4 is 23.7 Å². The van der Waals surface area contributed by atoms with Crippen LogP contribution in [-0.4, -0.2) is 62.7 Å². The first-order valence-corrected chi connectivity index (χ1v) is 8.58. The van der Waals surface area contributed by atoms with E-state index in [1.165, 1.54) is 23.0 Å². The number of esters is 1. The van der Waals surface area contributed by atoms with E-state index in [2.05, 4.69) is 9.84 Å². The number of aromatic nitrogens is 3. The minimum atomic E-state index is -3.04. The van der Waals surface area contributed by atoms with Gasteiger partial charge in [0.2, 0.25) is 6.10 Å². The normalized spacial score (nSPS) is 17.8. The van der Waals surface area contributed by atoms with Crippen LogP contribution in [0.4, 0.5) is 14.6 Å². The molecule has 1 aliphatic rings. The standard InChI is InChI=1S/C17H16F2N4O7/c1-9(24)30-14(16(27)28)13-15(26)21(6-7-29-13)11-4-5-23(20-11)10-2-3-12(25)22(8-10)17(18)19/h2-5,8,13-14,17H,6-7H2,1H3,(H,27,28)/t13?,14-/m1/s1. The van der Waals surface area contributed by atoms with Gasteiger partial charge in [0.15, 0.2) is 11.9 Å². The summed E-state index contributed by atoms with van der Waals surface area (Å²) in [5.74, 6) is -3.15. The van der Waals surface area contributed by atoms with Gasteiger partial charge in [-0.2, -0.15) is 8.78 Å². The molecule has 1 N–H and O–H groups in total. The van der Waals surface area contributed by atoms with Crippen LogP contribution in [-0.2, 0) is 23.9 Å². The summed E-state index contributed by atoms with van der Waals surface area (Å²) in [6, 6.07) is 3.64. The van der Waals surface area contributed by atoms with Crippen molar-refractivity contribution in [2.45, 2.75) is 25.7 Å². The zero-order chi connectivity index (χ0) is 22.0. The highest BCUT2D eigenvalue weighted by molar-refractivity contribution is 5.99. The number of hydrogen-bond acceptors (Lipinski definition) is 7. The predicted molar refractivity (Wildman–Crippen MR) is 94.4 cm³/mol. The fourth-order valence-electron chi connectivity index (χ4n) is 2.85. The minimum absolute atomic E-state index is 0.0370. The number of hydrogen-bond donors (Lipinski definition) is 1. The lowest BCUT2D eigenvalue weighted by Gasteiger charge is -2.33. The van der Waals surface area contributed by atoms with Crippen LogP contribution >= 0.6 is 0 Å². The lowest BCUT2D eigenvalue weighted by molar-refractivity contribution is -0.177. The molecule has 0 saturated carbocycles. The highest BCUT2D eigenvalue weighted by Gasteiger charge is 2.43. The maximum absolute atomic E-state index is 12.9. The summed E-state index contributed by atoms with van der Waals surface area (Å²) < 4.78 is 37.1. The molecule has 0 aliphatic carbocycles. The number of anilines is 1. The lowest BCUT2D eigenvalue weighted by atomic mass is 10.1. The van der Waals surface area contributed by atoms with E-state index in [9.17, 15) is 33.1 Å². The highest BCUT2D eigenvalue weighted by Crippen LogP contribution is 2.21. The van der Waals surface area contributed by atoms with E-state index in [-0.39, 0.29) is 29.2 Å². The van der Waals surface area contributed by atoms with Gasteiger partial charge in [0.25, 0.3) is 11.5 Å². The van der Waals surface area contributed by atoms with Gasteiger partial charge in [-0.15, -0.1) is 5.10 Å². The van der Waals surface area contributed by atoms with E-state index in [0.717, 1.165) is 24.1 Å². The summed E-state index contributed by atoms with van der Waals surface area (Å²) in [4.78, 5) is 47.9. The van der Waals surface area contributed by atoms with Crippen LogP contribution in [0.15, 0.2) is 35.4 Å². The van der Waals surface area contributed by atoms with E-state index < -0.39 is 42.2 Å². The molecule has 0 bridgehead atoms. The van der Waals surface area contributed by atoms with Gasteiger partial charge in [-0.05, 0) is 6.07 Å². The van der Waals surface area contributed by atoms with Crippen LogP contribution in [0, 0.1) is 0 Å². The quantitative estimate of drug-likeness (QED) is 0.647. The van der Waals surface area contributed by atoms with Crippen LogP contribution in [0.1, 0.15) is 13.5 Å². The summed E-state index contributed by atoms with van der Waals surface area (Å²) in [7, 11) is 0. The van der Waals surface area contributed by atoms with E-state index in [1.54, 1.807) is 0 Å². The summed E-state index contributed by atoms with van der Waals surface area (Å²) in [5.41, 5.74) is -0.751. The number of rotatable bonds is 6. The van der Waals surface area contributed by atoms with Crippen LogP contribution in [0.25, 0.3) is 5.69 Å². The van der Waals surface area contributed by atoms with Gasteiger partial charge >= 0.3 is 18.5 Å². The number of carboxylic acids is 1. The second-order valence-corrected chi connectivity index (χ2v) is 6.18. The Morgan fingerprint density at radius 3 is 2.67 bits per heavy atom. The van der Waals surface area contributed by atoms with Crippen molar-refractivity contribution in [1.29, 1.82) is 0 Å². The van der Waals surface area contributed by atoms with Crippen molar-refractivity contribution in [2.75, 3.05) is 18.1 Å². The SMILES string of the molecule is CC(=O)O[C@@H](C(=O)O)C1OCCN(c2ccn(-c3ccc(=O)n(C(F)F)c3)n2)C1=O. The Kier molecular flexibility index (Phi) is 5.91. The van der Waals surface area contributed by atoms with E-state index in [1.807, 2.05) is 0 Å². The molecular weight excluding hydrogens is 410 g/mol. The molecule has 1 aliphatic heterocycles. The molecule has 0 spiro atoms. The molecule has 0 radical (unpaired) electrons. The Balaban J connectivity index is 1.87. The monoisotopic (exact) mass is 426 g/mol. The van der Waals surface area contributed by atoms with Crippen molar-refractivity contribution in [3.63, 3.8) is 0 Å². The molecule has 1 amide bonds. The van der Waals surface area contributed by atoms with Crippen LogP contribution < -0.4 is 10.5 Å². The van der Waals surface area contributed by atoms with Crippen molar-refractivity contribution < 1.29 is 37.7 Å². The molecule has 3 heterocycles. The van der Waals surface area contributed by atoms with Crippen LogP contribution in [0.5, 0.6) is 0 Å². The number of carboxylic acid groups (broad SMARTS) is 1. The number of carbonyl (C=O) groups excluding carboxylic acids is 2. The fourth-order valence-corrected chi connectivity index (χ4v) is 2.85. The average molecular weight is 426 g/mol. The molecule has 13 heteroatoms. The van der Waals surface area contributed by atoms with Gasteiger partial charge < -0.3 is 14.6 Å². The molecule has 160 valence electrons. The first kappa shape index (κ1) is 21.1. The van der Waals surface area contributed by atoms with E-state index in [0.29, 0.717) is 0 Å². The van der Waals surface area contributed by atoms with E-state index in [4.69, 9.17) is 4.74 Å². The third-order valence-electron chi connectivity index (χ3n) is 4.18. The third-order valence-corrected chi connectivity index (χ3v) is 4.18. The average Bonchev–Trinajstić information content (AvgIpc) is 3.16. The van der Waals surface area contributed by atoms with Gasteiger partial charge in [0.1, 0.15) is 0 Å². The molecule has 3 rings (SSSR count). The Labute approximate surface area is 167 Å². The van der Waals surface area contributed by atoms with E-state index >= 15 is 0 Å². The number of morpholine rings is 1. The summed E-state index contributed by atoms with van der Waals surface area (Å²) >= 11 is 0. The lowest BCUT2D eigenvalue weighted by Crippen LogP contribution is -2.55. The Morgan fingerprint density at radius 2 is 2.03 bits per heavy atom. The Morgan fingerprint density at radius 1 is 1.30 bits per heavy atom. The molecule has 2 aromatic heterocycles. The molecular formula is C17H16F2N4O7. The van der Waals surface area contributed by atoms with Gasteiger partial charge in [-0.3, -0.25) is 23.9 Å². The molecule has 2 atom stereocenters. The maximum atomic E-state index is 12.9. The van der Waals surface area contributed by atoms with Crippen LogP contribution in [0.3, 0.4) is 0 Å². The number of aliphatic carboxylic acids is 1. The molecule has 30 heavy (non-hydrogen) atoms. The van der Waals surface area contributed by atoms with Crippen molar-refractivity contribution in [1.82, 2.24) is 14.3 Å². The molecule has 1 saturated heterocycles. The fraction of sp³-hybridized carbons (Fsp3) is 0.353. The smallest absolute Gasteiger partial charge is 0.348 e. The second-order valence-electron chi connectivity index (χ2n) is 6.18. The summed E-state index contributed by atoms with van der Waals surface area (Å²) in [6.07, 6.45) is -1.13. The Bertz CT molecular complexity index is 1040. The number of pyridine rings is 1. The van der Waals surface area contributed by atoms with Gasteiger partial charge in [0, 0.05) is 31.5 Å². The van der Waals surface area contributed by atoms with Crippen molar-refractivity contribution in [2.24, 2.45) is 0 Å². The van der Waals surface area contributed by atoms with Crippen molar-refractivity contribution in [3.8, 4) is 5.69 Å². The second kappa shape index (κ2) is 8.41. The molecule has 1 unspecified atom stereocenters. The molecule has 2 aromatic rings. The van der Waals surface area contributed by atoms with Gasteiger partial charge in [-0.1, -0.05) is 0 Å². The number of carbonyl (C=O) groups is 3. The molecule has 0 aromatic carbocycles.